The van der Waals surface area contributed by atoms with E-state index in [0.717, 1.165) is 36.1 Å². The second kappa shape index (κ2) is 3.21. The smallest absolute Gasteiger partial charge is 0.0320 e. The number of nitrogens with zero attached hydrogens (tertiary/aromatic N) is 3. The van der Waals surface area contributed by atoms with Gasteiger partial charge in [0.1, 0.15) is 0 Å². The van der Waals surface area contributed by atoms with Crippen molar-refractivity contribution in [3.05, 3.63) is 10.4 Å². The van der Waals surface area contributed by atoms with E-state index in [1.165, 1.54) is 38.5 Å². The van der Waals surface area contributed by atoms with E-state index in [-0.39, 0.29) is 0 Å². The molecule has 3 nitrogen and oxygen atoms in total. The summed E-state index contributed by atoms with van der Waals surface area (Å²) in [7, 11) is 0. The highest BCUT2D eigenvalue weighted by molar-refractivity contribution is 5.23. The summed E-state index contributed by atoms with van der Waals surface area (Å²) in [6.07, 6.45) is 8.65. The maximum atomic E-state index is 8.87. The Morgan fingerprint density at radius 1 is 0.950 bits per heavy atom. The Balaban J connectivity index is 1.67. The lowest BCUT2D eigenvalue weighted by Crippen LogP contribution is -2.72. The van der Waals surface area contributed by atoms with Gasteiger partial charge in [-0.15, -0.1) is 0 Å². The van der Waals surface area contributed by atoms with Crippen LogP contribution in [0.4, 0.5) is 0 Å². The van der Waals surface area contributed by atoms with Crippen molar-refractivity contribution in [2.45, 2.75) is 52.4 Å². The fraction of sp³-hybridized carbons (Fsp3) is 1.00. The van der Waals surface area contributed by atoms with Gasteiger partial charge in [-0.25, -0.2) is 0 Å². The first-order valence-electron chi connectivity index (χ1n) is 8.50. The van der Waals surface area contributed by atoms with E-state index in [0.29, 0.717) is 16.2 Å². The lowest BCUT2D eigenvalue weighted by atomic mass is 9.26. The maximum Gasteiger partial charge on any atom is 0.0320 e. The summed E-state index contributed by atoms with van der Waals surface area (Å²) >= 11 is 0. The number of hydrogen-bond acceptors (Lipinski definition) is 1. The minimum absolute atomic E-state index is 0.392. The molecule has 0 N–H and O–H groups in total. The predicted octanol–water partition coefficient (Wildman–Crippen LogP) is 4.79. The van der Waals surface area contributed by atoms with Crippen LogP contribution in [0.2, 0.25) is 0 Å². The van der Waals surface area contributed by atoms with Gasteiger partial charge in [-0.3, -0.25) is 0 Å². The van der Waals surface area contributed by atoms with Gasteiger partial charge in [0.2, 0.25) is 0 Å². The van der Waals surface area contributed by atoms with Crippen molar-refractivity contribution in [3.63, 3.8) is 0 Å². The molecule has 0 heterocycles. The van der Waals surface area contributed by atoms with Crippen LogP contribution in [0, 0.1) is 45.8 Å². The molecular weight excluding hydrogens is 246 g/mol. The first kappa shape index (κ1) is 11.9. The van der Waals surface area contributed by atoms with Crippen LogP contribution in [-0.2, 0) is 0 Å². The van der Waals surface area contributed by atoms with Crippen molar-refractivity contribution >= 4 is 0 Å². The first-order valence-corrected chi connectivity index (χ1v) is 8.50. The summed E-state index contributed by atoms with van der Waals surface area (Å²) in [6, 6.07) is 0. The maximum absolute atomic E-state index is 8.87. The molecule has 0 aromatic heterocycles. The molecule has 0 aromatic rings. The summed E-state index contributed by atoms with van der Waals surface area (Å²) in [5.74, 6) is 4.70. The standard InChI is InChI=1S/C17H25N3/c1-15-3-10-11-4-16(2)5-12(10)14(7-15)17(8-16,9-19-20-18)13(11)6-15/h10-14H,3-9H2,1-2H3. The van der Waals surface area contributed by atoms with E-state index >= 15 is 0 Å². The molecule has 7 rings (SSSR count). The monoisotopic (exact) mass is 271 g/mol. The van der Waals surface area contributed by atoms with E-state index in [2.05, 4.69) is 23.9 Å². The van der Waals surface area contributed by atoms with Crippen LogP contribution in [0.3, 0.4) is 0 Å². The minimum Gasteiger partial charge on any atom is -0.0934 e. The average molecular weight is 271 g/mol. The zero-order valence-electron chi connectivity index (χ0n) is 12.7. The Labute approximate surface area is 121 Å². The van der Waals surface area contributed by atoms with Crippen LogP contribution < -0.4 is 0 Å². The summed E-state index contributed by atoms with van der Waals surface area (Å²) < 4.78 is 0. The molecule has 8 bridgehead atoms. The number of hydrogen-bond donors (Lipinski definition) is 0. The van der Waals surface area contributed by atoms with Gasteiger partial charge in [-0.1, -0.05) is 19.0 Å². The van der Waals surface area contributed by atoms with Gasteiger partial charge in [-0.2, -0.15) is 0 Å². The van der Waals surface area contributed by atoms with Crippen LogP contribution in [-0.4, -0.2) is 6.54 Å². The molecule has 3 heteroatoms. The molecular formula is C17H25N3. The second-order valence-electron chi connectivity index (χ2n) is 9.65. The summed E-state index contributed by atoms with van der Waals surface area (Å²) in [5.41, 5.74) is 10.4. The van der Waals surface area contributed by atoms with Crippen LogP contribution in [0.15, 0.2) is 5.11 Å². The highest BCUT2D eigenvalue weighted by atomic mass is 15.1. The Kier molecular flexibility index (Phi) is 1.92. The van der Waals surface area contributed by atoms with Crippen molar-refractivity contribution in [1.82, 2.24) is 0 Å². The lowest BCUT2D eigenvalue weighted by Gasteiger charge is -2.78. The number of rotatable bonds is 2. The van der Waals surface area contributed by atoms with Crippen molar-refractivity contribution in [3.8, 4) is 0 Å². The third kappa shape index (κ3) is 1.15. The van der Waals surface area contributed by atoms with Gasteiger partial charge in [0.25, 0.3) is 0 Å². The van der Waals surface area contributed by atoms with Crippen LogP contribution in [0.1, 0.15) is 52.4 Å². The van der Waals surface area contributed by atoms with Gasteiger partial charge < -0.3 is 0 Å². The molecule has 7 aliphatic rings. The van der Waals surface area contributed by atoms with Gasteiger partial charge in [0.15, 0.2) is 0 Å². The van der Waals surface area contributed by atoms with Crippen LogP contribution >= 0.6 is 0 Å². The summed E-state index contributed by atoms with van der Waals surface area (Å²) in [4.78, 5) is 3.13. The molecule has 7 fully saturated rings. The largest absolute Gasteiger partial charge is 0.0934 e. The lowest BCUT2D eigenvalue weighted by molar-refractivity contribution is -0.292. The molecule has 0 spiro atoms. The topological polar surface area (TPSA) is 48.8 Å². The fourth-order valence-electron chi connectivity index (χ4n) is 8.40. The van der Waals surface area contributed by atoms with Gasteiger partial charge in [0, 0.05) is 11.5 Å². The molecule has 7 saturated carbocycles. The third-order valence-corrected chi connectivity index (χ3v) is 8.41. The zero-order chi connectivity index (χ0) is 13.8. The summed E-state index contributed by atoms with van der Waals surface area (Å²) in [5, 5.41) is 4.12. The third-order valence-electron chi connectivity index (χ3n) is 8.41. The zero-order valence-corrected chi connectivity index (χ0v) is 12.7. The fourth-order valence-corrected chi connectivity index (χ4v) is 8.40. The average Bonchev–Trinajstić information content (AvgIpc) is 2.40. The predicted molar refractivity (Wildman–Crippen MR) is 77.8 cm³/mol. The van der Waals surface area contributed by atoms with Crippen molar-refractivity contribution < 1.29 is 0 Å². The molecule has 0 saturated heterocycles. The Morgan fingerprint density at radius 3 is 2.15 bits per heavy atom. The van der Waals surface area contributed by atoms with E-state index in [1.54, 1.807) is 0 Å². The molecule has 108 valence electrons. The highest BCUT2D eigenvalue weighted by Crippen LogP contribution is 2.80. The Hall–Kier alpha value is -0.690. The molecule has 20 heavy (non-hydrogen) atoms. The van der Waals surface area contributed by atoms with Crippen molar-refractivity contribution in [2.75, 3.05) is 6.54 Å². The Morgan fingerprint density at radius 2 is 1.55 bits per heavy atom. The van der Waals surface area contributed by atoms with E-state index < -0.39 is 0 Å². The van der Waals surface area contributed by atoms with Gasteiger partial charge >= 0.3 is 0 Å². The quantitative estimate of drug-likeness (QED) is 0.394. The Bertz CT molecular complexity index is 508. The minimum atomic E-state index is 0.392. The van der Waals surface area contributed by atoms with E-state index in [9.17, 15) is 0 Å². The molecule has 0 amide bonds. The molecule has 7 aliphatic carbocycles. The molecule has 4 atom stereocenters. The summed E-state index contributed by atoms with van der Waals surface area (Å²) in [6.45, 7) is 5.87. The normalized spacial score (nSPS) is 64.6. The van der Waals surface area contributed by atoms with Gasteiger partial charge in [-0.05, 0) is 89.9 Å². The molecule has 4 unspecified atom stereocenters. The van der Waals surface area contributed by atoms with E-state index in [4.69, 9.17) is 5.53 Å². The molecule has 0 aromatic carbocycles. The van der Waals surface area contributed by atoms with Crippen LogP contribution in [0.5, 0.6) is 0 Å². The molecule has 0 radical (unpaired) electrons. The highest BCUT2D eigenvalue weighted by Gasteiger charge is 2.73. The SMILES string of the molecule is CC12CC3C4CC5(C)CC3C(C1)C(CN=[N+]=[N-])(C5)C4C2. The van der Waals surface area contributed by atoms with Crippen molar-refractivity contribution in [2.24, 2.45) is 50.9 Å². The molecule has 0 aliphatic heterocycles. The first-order chi connectivity index (χ1) is 9.49. The van der Waals surface area contributed by atoms with Crippen molar-refractivity contribution in [1.29, 1.82) is 0 Å². The van der Waals surface area contributed by atoms with Gasteiger partial charge in [0.05, 0.1) is 0 Å². The van der Waals surface area contributed by atoms with E-state index in [1.807, 2.05) is 0 Å². The second-order valence-corrected chi connectivity index (χ2v) is 9.65. The van der Waals surface area contributed by atoms with Crippen LogP contribution in [0.25, 0.3) is 10.4 Å². The number of azide groups is 1.